The van der Waals surface area contributed by atoms with Crippen molar-refractivity contribution in [1.82, 2.24) is 0 Å². The molecule has 1 amide bonds. The fourth-order valence-electron chi connectivity index (χ4n) is 2.02. The second-order valence-corrected chi connectivity index (χ2v) is 5.52. The van der Waals surface area contributed by atoms with Crippen LogP contribution in [0.1, 0.15) is 17.3 Å². The second kappa shape index (κ2) is 9.25. The van der Waals surface area contributed by atoms with E-state index in [-0.39, 0.29) is 18.1 Å². The normalized spacial score (nSPS) is 10.6. The highest BCUT2D eigenvalue weighted by Crippen LogP contribution is 2.17. The predicted octanol–water partition coefficient (Wildman–Crippen LogP) is 3.97. The maximum absolute atomic E-state index is 12.3. The van der Waals surface area contributed by atoms with E-state index in [2.05, 4.69) is 10.6 Å². The van der Waals surface area contributed by atoms with E-state index in [4.69, 9.17) is 21.6 Å². The molecule has 0 atom stereocenters. The summed E-state index contributed by atoms with van der Waals surface area (Å²) in [5.74, 6) is -1.02. The van der Waals surface area contributed by atoms with Crippen LogP contribution in [0.15, 0.2) is 60.3 Å². The molecule has 0 spiro atoms. The standard InChI is InChI=1S/C19H16ClN3O3/c1-2-26-19(25)14(11-21)12-22-16-7-3-5-13(9-16)18(24)23-17-8-4-6-15(20)10-17/h3-10,12,22H,2H2,1H3,(H,23,24)/b14-12-. The molecule has 0 aliphatic carbocycles. The van der Waals surface area contributed by atoms with Crippen molar-refractivity contribution >= 4 is 34.9 Å². The zero-order chi connectivity index (χ0) is 18.9. The average Bonchev–Trinajstić information content (AvgIpc) is 2.63. The summed E-state index contributed by atoms with van der Waals surface area (Å²) in [5.41, 5.74) is 1.36. The molecule has 0 saturated carbocycles. The topological polar surface area (TPSA) is 91.2 Å². The first-order chi connectivity index (χ1) is 12.5. The Morgan fingerprint density at radius 3 is 2.62 bits per heavy atom. The van der Waals surface area contributed by atoms with Gasteiger partial charge >= 0.3 is 5.97 Å². The van der Waals surface area contributed by atoms with Crippen molar-refractivity contribution in [2.75, 3.05) is 17.2 Å². The fourth-order valence-corrected chi connectivity index (χ4v) is 2.21. The van der Waals surface area contributed by atoms with Gasteiger partial charge in [-0.05, 0) is 43.3 Å². The Kier molecular flexibility index (Phi) is 6.77. The molecule has 0 bridgehead atoms. The van der Waals surface area contributed by atoms with E-state index in [1.54, 1.807) is 61.5 Å². The smallest absolute Gasteiger partial charge is 0.350 e. The molecule has 2 N–H and O–H groups in total. The zero-order valence-electron chi connectivity index (χ0n) is 14.0. The Morgan fingerprint density at radius 2 is 1.92 bits per heavy atom. The third-order valence-corrected chi connectivity index (χ3v) is 3.44. The Balaban J connectivity index is 2.11. The van der Waals surface area contributed by atoms with Crippen molar-refractivity contribution in [1.29, 1.82) is 5.26 Å². The highest BCUT2D eigenvalue weighted by molar-refractivity contribution is 6.31. The molecule has 2 aromatic rings. The van der Waals surface area contributed by atoms with Crippen LogP contribution in [0, 0.1) is 11.3 Å². The first-order valence-electron chi connectivity index (χ1n) is 7.74. The number of anilines is 2. The van der Waals surface area contributed by atoms with Crippen molar-refractivity contribution in [2.24, 2.45) is 0 Å². The van der Waals surface area contributed by atoms with Gasteiger partial charge in [-0.2, -0.15) is 5.26 Å². The van der Waals surface area contributed by atoms with Crippen LogP contribution < -0.4 is 10.6 Å². The van der Waals surface area contributed by atoms with E-state index >= 15 is 0 Å². The first kappa shape index (κ1) is 19.0. The Hall–Kier alpha value is -3.30. The number of hydrogen-bond donors (Lipinski definition) is 2. The van der Waals surface area contributed by atoms with Gasteiger partial charge in [0.2, 0.25) is 0 Å². The van der Waals surface area contributed by atoms with Crippen LogP contribution in [0.2, 0.25) is 5.02 Å². The maximum Gasteiger partial charge on any atom is 0.350 e. The number of nitrogens with zero attached hydrogens (tertiary/aromatic N) is 1. The number of carbonyl (C=O) groups excluding carboxylic acids is 2. The number of nitrogens with one attached hydrogen (secondary N) is 2. The van der Waals surface area contributed by atoms with E-state index in [0.717, 1.165) is 0 Å². The van der Waals surface area contributed by atoms with Crippen LogP contribution in [0.5, 0.6) is 0 Å². The molecule has 0 fully saturated rings. The van der Waals surface area contributed by atoms with E-state index in [9.17, 15) is 9.59 Å². The minimum Gasteiger partial charge on any atom is -0.462 e. The minimum atomic E-state index is -0.711. The molecule has 0 radical (unpaired) electrons. The van der Waals surface area contributed by atoms with Crippen LogP contribution in [0.25, 0.3) is 0 Å². The van der Waals surface area contributed by atoms with Gasteiger partial charge in [-0.3, -0.25) is 4.79 Å². The molecule has 26 heavy (non-hydrogen) atoms. The van der Waals surface area contributed by atoms with Crippen LogP contribution >= 0.6 is 11.6 Å². The number of nitriles is 1. The predicted molar refractivity (Wildman–Crippen MR) is 99.8 cm³/mol. The summed E-state index contributed by atoms with van der Waals surface area (Å²) in [6, 6.07) is 15.2. The molecule has 2 aromatic carbocycles. The number of benzene rings is 2. The number of rotatable bonds is 6. The SMILES string of the molecule is CCOC(=O)/C(C#N)=C\Nc1cccc(C(=O)Nc2cccc(Cl)c2)c1. The highest BCUT2D eigenvalue weighted by Gasteiger charge is 2.10. The van der Waals surface area contributed by atoms with Crippen LogP contribution in [0.3, 0.4) is 0 Å². The summed E-state index contributed by atoms with van der Waals surface area (Å²) in [7, 11) is 0. The quantitative estimate of drug-likeness (QED) is 0.456. The number of esters is 1. The van der Waals surface area contributed by atoms with E-state index in [0.29, 0.717) is 22.0 Å². The van der Waals surface area contributed by atoms with Crippen LogP contribution in [-0.4, -0.2) is 18.5 Å². The fraction of sp³-hybridized carbons (Fsp3) is 0.105. The largest absolute Gasteiger partial charge is 0.462 e. The van der Waals surface area contributed by atoms with Crippen LogP contribution in [-0.2, 0) is 9.53 Å². The summed E-state index contributed by atoms with van der Waals surface area (Å²) in [5, 5.41) is 15.1. The van der Waals surface area contributed by atoms with Gasteiger partial charge in [0.15, 0.2) is 5.57 Å². The Labute approximate surface area is 156 Å². The monoisotopic (exact) mass is 369 g/mol. The summed E-state index contributed by atoms with van der Waals surface area (Å²) >= 11 is 5.90. The van der Waals surface area contributed by atoms with Crippen LogP contribution in [0.4, 0.5) is 11.4 Å². The number of ether oxygens (including phenoxy) is 1. The molecule has 7 heteroatoms. The summed E-state index contributed by atoms with van der Waals surface area (Å²) in [6.45, 7) is 1.83. The van der Waals surface area contributed by atoms with Gasteiger partial charge in [-0.1, -0.05) is 23.7 Å². The number of carbonyl (C=O) groups is 2. The van der Waals surface area contributed by atoms with Gasteiger partial charge in [0.1, 0.15) is 6.07 Å². The molecule has 0 aromatic heterocycles. The van der Waals surface area contributed by atoms with Crippen molar-refractivity contribution in [3.63, 3.8) is 0 Å². The molecule has 0 heterocycles. The van der Waals surface area contributed by atoms with Crippen molar-refractivity contribution in [3.05, 3.63) is 70.9 Å². The molecule has 132 valence electrons. The molecule has 0 aliphatic heterocycles. The Bertz CT molecular complexity index is 888. The Morgan fingerprint density at radius 1 is 1.19 bits per heavy atom. The van der Waals surface area contributed by atoms with Crippen molar-refractivity contribution < 1.29 is 14.3 Å². The van der Waals surface area contributed by atoms with Crippen molar-refractivity contribution in [2.45, 2.75) is 6.92 Å². The third kappa shape index (κ3) is 5.36. The lowest BCUT2D eigenvalue weighted by molar-refractivity contribution is -0.138. The number of hydrogen-bond acceptors (Lipinski definition) is 5. The lowest BCUT2D eigenvalue weighted by atomic mass is 10.2. The molecule has 6 nitrogen and oxygen atoms in total. The van der Waals surface area contributed by atoms with E-state index in [1.807, 2.05) is 0 Å². The molecule has 0 aliphatic rings. The maximum atomic E-state index is 12.3. The van der Waals surface area contributed by atoms with Gasteiger partial charge in [-0.15, -0.1) is 0 Å². The molecule has 0 unspecified atom stereocenters. The molecule has 0 saturated heterocycles. The van der Waals surface area contributed by atoms with E-state index in [1.165, 1.54) is 6.20 Å². The van der Waals surface area contributed by atoms with Gasteiger partial charge < -0.3 is 15.4 Å². The van der Waals surface area contributed by atoms with Gasteiger partial charge in [0.05, 0.1) is 6.61 Å². The number of amides is 1. The molecular weight excluding hydrogens is 354 g/mol. The average molecular weight is 370 g/mol. The number of halogens is 1. The lowest BCUT2D eigenvalue weighted by Crippen LogP contribution is -2.12. The molecule has 2 rings (SSSR count). The molecular formula is C19H16ClN3O3. The lowest BCUT2D eigenvalue weighted by Gasteiger charge is -2.08. The second-order valence-electron chi connectivity index (χ2n) is 5.08. The summed E-state index contributed by atoms with van der Waals surface area (Å²) < 4.78 is 4.78. The van der Waals surface area contributed by atoms with E-state index < -0.39 is 5.97 Å². The van der Waals surface area contributed by atoms with Gasteiger partial charge in [0.25, 0.3) is 5.91 Å². The van der Waals surface area contributed by atoms with Gasteiger partial charge in [0, 0.05) is 28.2 Å². The summed E-state index contributed by atoms with van der Waals surface area (Å²) in [4.78, 5) is 23.9. The van der Waals surface area contributed by atoms with Gasteiger partial charge in [-0.25, -0.2) is 4.79 Å². The third-order valence-electron chi connectivity index (χ3n) is 3.21. The summed E-state index contributed by atoms with van der Waals surface area (Å²) in [6.07, 6.45) is 1.24. The zero-order valence-corrected chi connectivity index (χ0v) is 14.7. The highest BCUT2D eigenvalue weighted by atomic mass is 35.5. The first-order valence-corrected chi connectivity index (χ1v) is 8.12. The van der Waals surface area contributed by atoms with Crippen molar-refractivity contribution in [3.8, 4) is 6.07 Å². The minimum absolute atomic E-state index is 0.166.